The first-order chi connectivity index (χ1) is 34.5. The van der Waals surface area contributed by atoms with E-state index in [2.05, 4.69) is 81.2 Å². The van der Waals surface area contributed by atoms with Gasteiger partial charge in [0, 0.05) is 45.8 Å². The van der Waals surface area contributed by atoms with Gasteiger partial charge in [-0.25, -0.2) is 0 Å². The van der Waals surface area contributed by atoms with Crippen molar-refractivity contribution >= 4 is 11.9 Å². The van der Waals surface area contributed by atoms with Crippen LogP contribution in [0, 0.1) is 0 Å². The van der Waals surface area contributed by atoms with E-state index in [0.29, 0.717) is 71.9 Å². The lowest BCUT2D eigenvalue weighted by atomic mass is 10.1. The molecule has 0 saturated heterocycles. The van der Waals surface area contributed by atoms with Gasteiger partial charge >= 0.3 is 11.9 Å². The molecule has 1 N–H and O–H groups in total. The molecule has 0 rings (SSSR count). The predicted octanol–water partition coefficient (Wildman–Crippen LogP) is 15.7. The molecule has 410 valence electrons. The minimum absolute atomic E-state index is 0.169. The minimum atomic E-state index is -0.357. The van der Waals surface area contributed by atoms with Gasteiger partial charge in [0.15, 0.2) is 12.6 Å². The van der Waals surface area contributed by atoms with Crippen molar-refractivity contribution in [1.82, 2.24) is 4.90 Å². The summed E-state index contributed by atoms with van der Waals surface area (Å²) in [6, 6.07) is 0. The number of nitrogens with zero attached hydrogens (tertiary/aromatic N) is 1. The summed E-state index contributed by atoms with van der Waals surface area (Å²) in [5, 5.41) is 9.66. The van der Waals surface area contributed by atoms with Crippen molar-refractivity contribution in [3.05, 3.63) is 48.6 Å². The van der Waals surface area contributed by atoms with E-state index in [4.69, 9.17) is 28.4 Å². The number of hydrogen-bond donors (Lipinski definition) is 1. The summed E-state index contributed by atoms with van der Waals surface area (Å²) in [6.07, 6.45) is 51.5. The standard InChI is InChI=1S/C60H111NO9/c1-5-9-13-17-21-29-39-53-67-59(68-54-40-30-22-18-14-10-6-2)45-43-57(63)65-51-37-33-25-27-35-47-61(49-50-62)48-36-28-26-34-38-52-66-58(64)44-46-60(69-55-41-31-23-19-15-11-7-3)70-56-42-32-24-20-16-12-8-4/h9-16,59-60,62H,5-8,17-56H2,1-4H3/b13-9-,14-10-,15-11-,16-12-. The van der Waals surface area contributed by atoms with Gasteiger partial charge in [0.2, 0.25) is 0 Å². The Labute approximate surface area is 431 Å². The lowest BCUT2D eigenvalue weighted by Crippen LogP contribution is -2.29. The normalized spacial score (nSPS) is 12.2. The highest BCUT2D eigenvalue weighted by atomic mass is 16.7. The fourth-order valence-corrected chi connectivity index (χ4v) is 7.99. The quantitative estimate of drug-likeness (QED) is 0.0274. The highest BCUT2D eigenvalue weighted by molar-refractivity contribution is 5.69. The molecule has 0 atom stereocenters. The Bertz CT molecular complexity index is 1070. The van der Waals surface area contributed by atoms with Crippen molar-refractivity contribution in [2.75, 3.05) is 65.9 Å². The fourth-order valence-electron chi connectivity index (χ4n) is 7.99. The SMILES string of the molecule is CC/C=C\CCCCCOC(CCC(=O)OCCCCCCCN(CCO)CCCCCCCOC(=O)CCC(OCCCCC/C=C\CC)OCCCCC/C=C\CC)OCCCCC/C=C\CC. The molecule has 10 heteroatoms. The second kappa shape index (κ2) is 57.6. The molecule has 0 radical (unpaired) electrons. The zero-order valence-electron chi connectivity index (χ0n) is 46.0. The van der Waals surface area contributed by atoms with Gasteiger partial charge in [0.1, 0.15) is 0 Å². The molecule has 0 spiro atoms. The fraction of sp³-hybridized carbons (Fsp3) is 0.833. The van der Waals surface area contributed by atoms with Gasteiger partial charge in [-0.05, 0) is 142 Å². The predicted molar refractivity (Wildman–Crippen MR) is 293 cm³/mol. The van der Waals surface area contributed by atoms with Crippen molar-refractivity contribution in [3.8, 4) is 0 Å². The van der Waals surface area contributed by atoms with Crippen molar-refractivity contribution < 1.29 is 43.1 Å². The van der Waals surface area contributed by atoms with E-state index in [-0.39, 0.29) is 31.1 Å². The molecule has 0 aromatic carbocycles. The number of esters is 2. The summed E-state index contributed by atoms with van der Waals surface area (Å²) >= 11 is 0. The van der Waals surface area contributed by atoms with Crippen LogP contribution in [-0.2, 0) is 38.0 Å². The molecule has 0 aromatic heterocycles. The monoisotopic (exact) mass is 990 g/mol. The van der Waals surface area contributed by atoms with Crippen LogP contribution in [-0.4, -0.2) is 100 Å². The van der Waals surface area contributed by atoms with Crippen LogP contribution in [0.25, 0.3) is 0 Å². The summed E-state index contributed by atoms with van der Waals surface area (Å²) in [4.78, 5) is 27.5. The van der Waals surface area contributed by atoms with Gasteiger partial charge in [0.25, 0.3) is 0 Å². The Hall–Kier alpha value is -2.34. The molecule has 0 saturated carbocycles. The minimum Gasteiger partial charge on any atom is -0.466 e. The molecule has 0 bridgehead atoms. The number of unbranched alkanes of at least 4 members (excludes halogenated alkanes) is 20. The first kappa shape index (κ1) is 67.7. The number of carbonyl (C=O) groups excluding carboxylic acids is 2. The van der Waals surface area contributed by atoms with Crippen molar-refractivity contribution in [2.45, 2.75) is 259 Å². The Morgan fingerprint density at radius 1 is 0.371 bits per heavy atom. The van der Waals surface area contributed by atoms with Crippen LogP contribution in [0.15, 0.2) is 48.6 Å². The van der Waals surface area contributed by atoms with E-state index in [9.17, 15) is 14.7 Å². The first-order valence-corrected chi connectivity index (χ1v) is 29.2. The third-order valence-corrected chi connectivity index (χ3v) is 12.2. The van der Waals surface area contributed by atoms with E-state index >= 15 is 0 Å². The zero-order valence-corrected chi connectivity index (χ0v) is 46.0. The number of aliphatic hydroxyl groups is 1. The van der Waals surface area contributed by atoms with E-state index in [1.807, 2.05) is 0 Å². The van der Waals surface area contributed by atoms with Gasteiger partial charge in [-0.1, -0.05) is 141 Å². The number of aliphatic hydroxyl groups excluding tert-OH is 1. The summed E-state index contributed by atoms with van der Waals surface area (Å²) in [7, 11) is 0. The van der Waals surface area contributed by atoms with Crippen LogP contribution in [0.5, 0.6) is 0 Å². The largest absolute Gasteiger partial charge is 0.466 e. The second-order valence-corrected chi connectivity index (χ2v) is 18.9. The van der Waals surface area contributed by atoms with E-state index in [0.717, 1.165) is 180 Å². The van der Waals surface area contributed by atoms with Gasteiger partial charge in [0.05, 0.1) is 32.7 Å². The Morgan fingerprint density at radius 3 is 0.971 bits per heavy atom. The number of rotatable bonds is 56. The van der Waals surface area contributed by atoms with Gasteiger partial charge in [-0.3, -0.25) is 9.59 Å². The summed E-state index contributed by atoms with van der Waals surface area (Å²) in [5.41, 5.74) is 0. The van der Waals surface area contributed by atoms with E-state index in [1.54, 1.807) is 0 Å². The lowest BCUT2D eigenvalue weighted by Gasteiger charge is -2.21. The molecular weight excluding hydrogens is 879 g/mol. The highest BCUT2D eigenvalue weighted by Crippen LogP contribution is 2.14. The summed E-state index contributed by atoms with van der Waals surface area (Å²) < 4.78 is 35.5. The maximum absolute atomic E-state index is 12.6. The molecule has 0 aromatic rings. The van der Waals surface area contributed by atoms with Gasteiger partial charge in [-0.15, -0.1) is 0 Å². The van der Waals surface area contributed by atoms with E-state index in [1.165, 1.54) is 25.7 Å². The molecule has 0 amide bonds. The number of allylic oxidation sites excluding steroid dienone is 8. The Morgan fingerprint density at radius 2 is 0.657 bits per heavy atom. The van der Waals surface area contributed by atoms with Gasteiger partial charge < -0.3 is 38.4 Å². The lowest BCUT2D eigenvalue weighted by molar-refractivity contribution is -0.159. The maximum Gasteiger partial charge on any atom is 0.305 e. The second-order valence-electron chi connectivity index (χ2n) is 18.9. The zero-order chi connectivity index (χ0) is 50.9. The molecule has 70 heavy (non-hydrogen) atoms. The van der Waals surface area contributed by atoms with Crippen LogP contribution >= 0.6 is 0 Å². The molecule has 10 nitrogen and oxygen atoms in total. The van der Waals surface area contributed by atoms with Crippen LogP contribution in [0.1, 0.15) is 246 Å². The van der Waals surface area contributed by atoms with Gasteiger partial charge in [-0.2, -0.15) is 0 Å². The molecular formula is C60H111NO9. The summed E-state index contributed by atoms with van der Waals surface area (Å²) in [6.45, 7) is 15.1. The van der Waals surface area contributed by atoms with Crippen LogP contribution in [0.2, 0.25) is 0 Å². The molecule has 0 heterocycles. The maximum atomic E-state index is 12.6. The van der Waals surface area contributed by atoms with Crippen molar-refractivity contribution in [2.24, 2.45) is 0 Å². The number of hydrogen-bond acceptors (Lipinski definition) is 10. The number of carbonyl (C=O) groups is 2. The summed E-state index contributed by atoms with van der Waals surface area (Å²) in [5.74, 6) is -0.338. The molecule has 0 aliphatic heterocycles. The molecule has 0 fully saturated rings. The topological polar surface area (TPSA) is 113 Å². The highest BCUT2D eigenvalue weighted by Gasteiger charge is 2.15. The molecule has 0 aliphatic rings. The Balaban J connectivity index is 4.22. The number of ether oxygens (including phenoxy) is 6. The molecule has 0 aliphatic carbocycles. The molecule has 0 unspecified atom stereocenters. The first-order valence-electron chi connectivity index (χ1n) is 29.2. The van der Waals surface area contributed by atoms with Crippen LogP contribution in [0.4, 0.5) is 0 Å². The smallest absolute Gasteiger partial charge is 0.305 e. The van der Waals surface area contributed by atoms with Crippen molar-refractivity contribution in [3.63, 3.8) is 0 Å². The average Bonchev–Trinajstić information content (AvgIpc) is 3.36. The van der Waals surface area contributed by atoms with Crippen molar-refractivity contribution in [1.29, 1.82) is 0 Å². The van der Waals surface area contributed by atoms with Crippen LogP contribution in [0.3, 0.4) is 0 Å². The Kier molecular flexibility index (Phi) is 55.6. The third kappa shape index (κ3) is 52.0. The third-order valence-electron chi connectivity index (χ3n) is 12.2. The average molecular weight is 991 g/mol. The van der Waals surface area contributed by atoms with Crippen LogP contribution < -0.4 is 0 Å². The van der Waals surface area contributed by atoms with E-state index < -0.39 is 0 Å².